The quantitative estimate of drug-likeness (QED) is 0.652. The SMILES string of the molecule is COc1cc(/N=N/c2ccccc2C)ccc1N. The van der Waals surface area contributed by atoms with Crippen LogP contribution in [0.15, 0.2) is 52.7 Å². The van der Waals surface area contributed by atoms with Crippen LogP contribution in [0.4, 0.5) is 17.1 Å². The van der Waals surface area contributed by atoms with Crippen molar-refractivity contribution in [3.63, 3.8) is 0 Å². The van der Waals surface area contributed by atoms with Crippen molar-refractivity contribution in [3.8, 4) is 5.75 Å². The van der Waals surface area contributed by atoms with Crippen LogP contribution in [0.1, 0.15) is 5.56 Å². The van der Waals surface area contributed by atoms with Gasteiger partial charge in [-0.25, -0.2) is 0 Å². The standard InChI is InChI=1S/C14H15N3O/c1-10-5-3-4-6-13(10)17-16-11-7-8-12(15)14(9-11)18-2/h3-9H,15H2,1-2H3/b17-16+. The number of ether oxygens (including phenoxy) is 1. The summed E-state index contributed by atoms with van der Waals surface area (Å²) in [5, 5.41) is 8.39. The van der Waals surface area contributed by atoms with E-state index in [2.05, 4.69) is 10.2 Å². The predicted octanol–water partition coefficient (Wildman–Crippen LogP) is 4.00. The summed E-state index contributed by atoms with van der Waals surface area (Å²) in [6.45, 7) is 2.00. The smallest absolute Gasteiger partial charge is 0.143 e. The summed E-state index contributed by atoms with van der Waals surface area (Å²) in [7, 11) is 1.58. The molecule has 0 aliphatic heterocycles. The highest BCUT2D eigenvalue weighted by atomic mass is 16.5. The Morgan fingerprint density at radius 3 is 2.56 bits per heavy atom. The zero-order valence-electron chi connectivity index (χ0n) is 10.4. The summed E-state index contributed by atoms with van der Waals surface area (Å²) < 4.78 is 5.13. The molecule has 0 saturated heterocycles. The molecule has 2 aromatic rings. The third kappa shape index (κ3) is 2.66. The van der Waals surface area contributed by atoms with E-state index in [1.54, 1.807) is 25.3 Å². The number of aryl methyl sites for hydroxylation is 1. The lowest BCUT2D eigenvalue weighted by Crippen LogP contribution is -1.90. The second-order valence-corrected chi connectivity index (χ2v) is 3.91. The lowest BCUT2D eigenvalue weighted by molar-refractivity contribution is 0.417. The summed E-state index contributed by atoms with van der Waals surface area (Å²) in [6.07, 6.45) is 0. The number of nitrogen functional groups attached to an aromatic ring is 1. The Morgan fingerprint density at radius 1 is 1.06 bits per heavy atom. The van der Waals surface area contributed by atoms with Crippen LogP contribution in [0.2, 0.25) is 0 Å². The maximum absolute atomic E-state index is 5.73. The normalized spacial score (nSPS) is 10.8. The van der Waals surface area contributed by atoms with Gasteiger partial charge in [-0.2, -0.15) is 10.2 Å². The fourth-order valence-corrected chi connectivity index (χ4v) is 1.55. The molecule has 0 radical (unpaired) electrons. The lowest BCUT2D eigenvalue weighted by atomic mass is 10.2. The maximum atomic E-state index is 5.73. The van der Waals surface area contributed by atoms with Crippen LogP contribution in [0.3, 0.4) is 0 Å². The monoisotopic (exact) mass is 241 g/mol. The average molecular weight is 241 g/mol. The Hall–Kier alpha value is -2.36. The molecule has 0 spiro atoms. The van der Waals surface area contributed by atoms with Gasteiger partial charge in [0.1, 0.15) is 5.75 Å². The van der Waals surface area contributed by atoms with Gasteiger partial charge in [0, 0.05) is 6.07 Å². The van der Waals surface area contributed by atoms with Gasteiger partial charge in [-0.05, 0) is 30.7 Å². The van der Waals surface area contributed by atoms with Gasteiger partial charge in [0.25, 0.3) is 0 Å². The van der Waals surface area contributed by atoms with E-state index in [1.165, 1.54) is 0 Å². The van der Waals surface area contributed by atoms with E-state index in [9.17, 15) is 0 Å². The number of benzene rings is 2. The van der Waals surface area contributed by atoms with Crippen molar-refractivity contribution in [2.75, 3.05) is 12.8 Å². The second kappa shape index (κ2) is 5.31. The Kier molecular flexibility index (Phi) is 3.57. The molecule has 0 amide bonds. The highest BCUT2D eigenvalue weighted by molar-refractivity contribution is 5.59. The van der Waals surface area contributed by atoms with Crippen molar-refractivity contribution in [3.05, 3.63) is 48.0 Å². The molecule has 18 heavy (non-hydrogen) atoms. The molecular weight excluding hydrogens is 226 g/mol. The number of hydrogen-bond donors (Lipinski definition) is 1. The van der Waals surface area contributed by atoms with Crippen molar-refractivity contribution >= 4 is 17.1 Å². The highest BCUT2D eigenvalue weighted by Gasteiger charge is 2.00. The van der Waals surface area contributed by atoms with E-state index < -0.39 is 0 Å². The first kappa shape index (κ1) is 12.1. The summed E-state index contributed by atoms with van der Waals surface area (Å²) >= 11 is 0. The third-order valence-corrected chi connectivity index (χ3v) is 2.61. The second-order valence-electron chi connectivity index (χ2n) is 3.91. The van der Waals surface area contributed by atoms with Crippen LogP contribution in [-0.2, 0) is 0 Å². The van der Waals surface area contributed by atoms with E-state index in [1.807, 2.05) is 31.2 Å². The van der Waals surface area contributed by atoms with Crippen LogP contribution in [0.5, 0.6) is 5.75 Å². The first-order valence-electron chi connectivity index (χ1n) is 5.61. The molecule has 92 valence electrons. The highest BCUT2D eigenvalue weighted by Crippen LogP contribution is 2.28. The van der Waals surface area contributed by atoms with Gasteiger partial charge in [0.15, 0.2) is 0 Å². The minimum absolute atomic E-state index is 0.590. The van der Waals surface area contributed by atoms with E-state index in [0.29, 0.717) is 17.1 Å². The number of azo groups is 1. The van der Waals surface area contributed by atoms with E-state index in [-0.39, 0.29) is 0 Å². The largest absolute Gasteiger partial charge is 0.495 e. The first-order valence-corrected chi connectivity index (χ1v) is 5.61. The Labute approximate surface area is 106 Å². The van der Waals surface area contributed by atoms with Crippen LogP contribution >= 0.6 is 0 Å². The number of nitrogens with two attached hydrogens (primary N) is 1. The van der Waals surface area contributed by atoms with Crippen molar-refractivity contribution in [1.29, 1.82) is 0 Å². The molecule has 0 atom stereocenters. The van der Waals surface area contributed by atoms with Crippen LogP contribution < -0.4 is 10.5 Å². The van der Waals surface area contributed by atoms with Crippen molar-refractivity contribution in [1.82, 2.24) is 0 Å². The van der Waals surface area contributed by atoms with Crippen molar-refractivity contribution in [2.24, 2.45) is 10.2 Å². The number of hydrogen-bond acceptors (Lipinski definition) is 4. The van der Waals surface area contributed by atoms with Gasteiger partial charge in [-0.3, -0.25) is 0 Å². The topological polar surface area (TPSA) is 60.0 Å². The lowest BCUT2D eigenvalue weighted by Gasteiger charge is -2.04. The van der Waals surface area contributed by atoms with Gasteiger partial charge in [0.2, 0.25) is 0 Å². The molecule has 0 unspecified atom stereocenters. The van der Waals surface area contributed by atoms with Gasteiger partial charge >= 0.3 is 0 Å². The number of methoxy groups -OCH3 is 1. The molecule has 2 N–H and O–H groups in total. The molecule has 0 aliphatic carbocycles. The number of nitrogens with zero attached hydrogens (tertiary/aromatic N) is 2. The Balaban J connectivity index is 2.27. The molecule has 0 fully saturated rings. The molecule has 0 heterocycles. The van der Waals surface area contributed by atoms with Crippen LogP contribution in [0.25, 0.3) is 0 Å². The molecule has 2 aromatic carbocycles. The van der Waals surface area contributed by atoms with E-state index in [0.717, 1.165) is 11.3 Å². The summed E-state index contributed by atoms with van der Waals surface area (Å²) in [5.41, 5.74) is 8.98. The summed E-state index contributed by atoms with van der Waals surface area (Å²) in [4.78, 5) is 0. The van der Waals surface area contributed by atoms with Gasteiger partial charge in [-0.1, -0.05) is 18.2 Å². The van der Waals surface area contributed by atoms with Crippen molar-refractivity contribution in [2.45, 2.75) is 6.92 Å². The van der Waals surface area contributed by atoms with Crippen LogP contribution in [-0.4, -0.2) is 7.11 Å². The fraction of sp³-hybridized carbons (Fsp3) is 0.143. The van der Waals surface area contributed by atoms with Gasteiger partial charge in [-0.15, -0.1) is 0 Å². The van der Waals surface area contributed by atoms with Crippen LogP contribution in [0, 0.1) is 6.92 Å². The zero-order chi connectivity index (χ0) is 13.0. The fourth-order valence-electron chi connectivity index (χ4n) is 1.55. The molecule has 0 bridgehead atoms. The molecule has 4 heteroatoms. The zero-order valence-corrected chi connectivity index (χ0v) is 10.4. The number of anilines is 1. The molecule has 4 nitrogen and oxygen atoms in total. The van der Waals surface area contributed by atoms with E-state index in [4.69, 9.17) is 10.5 Å². The summed E-state index contributed by atoms with van der Waals surface area (Å²) in [6, 6.07) is 13.2. The first-order chi connectivity index (χ1) is 8.70. The molecule has 0 aliphatic rings. The predicted molar refractivity (Wildman–Crippen MR) is 72.8 cm³/mol. The number of rotatable bonds is 3. The average Bonchev–Trinajstić information content (AvgIpc) is 2.39. The third-order valence-electron chi connectivity index (χ3n) is 2.61. The Bertz CT molecular complexity index is 579. The van der Waals surface area contributed by atoms with E-state index >= 15 is 0 Å². The Morgan fingerprint density at radius 2 is 1.83 bits per heavy atom. The minimum atomic E-state index is 0.590. The van der Waals surface area contributed by atoms with Crippen molar-refractivity contribution < 1.29 is 4.74 Å². The molecule has 2 rings (SSSR count). The molecular formula is C14H15N3O. The maximum Gasteiger partial charge on any atom is 0.143 e. The summed E-state index contributed by atoms with van der Waals surface area (Å²) in [5.74, 6) is 0.608. The minimum Gasteiger partial charge on any atom is -0.495 e. The van der Waals surface area contributed by atoms with Gasteiger partial charge < -0.3 is 10.5 Å². The van der Waals surface area contributed by atoms with Gasteiger partial charge in [0.05, 0.1) is 24.2 Å². The molecule has 0 aromatic heterocycles. The molecule has 0 saturated carbocycles.